The summed E-state index contributed by atoms with van der Waals surface area (Å²) in [6, 6.07) is 18.4. The molecule has 0 bridgehead atoms. The van der Waals surface area contributed by atoms with Crippen LogP contribution in [0.15, 0.2) is 60.7 Å². The van der Waals surface area contributed by atoms with E-state index < -0.39 is 0 Å². The van der Waals surface area contributed by atoms with Crippen molar-refractivity contribution in [3.63, 3.8) is 0 Å². The third-order valence-electron chi connectivity index (χ3n) is 4.19. The predicted molar refractivity (Wildman–Crippen MR) is 98.6 cm³/mol. The Morgan fingerprint density at radius 2 is 1.84 bits per heavy atom. The molecule has 1 N–H and O–H groups in total. The normalized spacial score (nSPS) is 15.9. The maximum atomic E-state index is 5.55. The van der Waals surface area contributed by atoms with Crippen LogP contribution in [0.2, 0.25) is 0 Å². The molecule has 4 rings (SSSR count). The van der Waals surface area contributed by atoms with E-state index in [1.165, 1.54) is 0 Å². The number of nitrogens with zero attached hydrogens (tertiary/aromatic N) is 3. The smallest absolute Gasteiger partial charge is 0.226 e. The lowest BCUT2D eigenvalue weighted by atomic mass is 10.0. The van der Waals surface area contributed by atoms with E-state index in [0.717, 1.165) is 34.3 Å². The van der Waals surface area contributed by atoms with Crippen LogP contribution in [-0.4, -0.2) is 21.4 Å². The van der Waals surface area contributed by atoms with E-state index in [0.29, 0.717) is 6.61 Å². The highest BCUT2D eigenvalue weighted by Crippen LogP contribution is 2.32. The number of allylic oxidation sites excluding steroid dienone is 1. The molecule has 0 radical (unpaired) electrons. The van der Waals surface area contributed by atoms with Crippen molar-refractivity contribution in [2.45, 2.75) is 19.9 Å². The largest absolute Gasteiger partial charge is 0.494 e. The molecule has 0 aliphatic carbocycles. The molecule has 0 fully saturated rings. The number of hydrogen-bond donors (Lipinski definition) is 1. The van der Waals surface area contributed by atoms with Gasteiger partial charge < -0.3 is 10.1 Å². The van der Waals surface area contributed by atoms with Gasteiger partial charge in [0, 0.05) is 5.70 Å². The van der Waals surface area contributed by atoms with Crippen molar-refractivity contribution in [2.75, 3.05) is 11.9 Å². The zero-order valence-corrected chi connectivity index (χ0v) is 14.3. The van der Waals surface area contributed by atoms with Crippen molar-refractivity contribution < 1.29 is 4.74 Å². The SMILES string of the molecule is CCOc1ccc([C@H]2C=C(c3ccccc3)Nc3nc(C)nn32)cc1. The Balaban J connectivity index is 1.76. The molecule has 0 amide bonds. The molecule has 0 saturated carbocycles. The monoisotopic (exact) mass is 332 g/mol. The number of aryl methyl sites for hydroxylation is 1. The van der Waals surface area contributed by atoms with Gasteiger partial charge in [-0.3, -0.25) is 0 Å². The third-order valence-corrected chi connectivity index (χ3v) is 4.19. The van der Waals surface area contributed by atoms with Crippen molar-refractivity contribution in [3.05, 3.63) is 77.6 Å². The first-order valence-corrected chi connectivity index (χ1v) is 8.45. The second-order valence-electron chi connectivity index (χ2n) is 5.95. The van der Waals surface area contributed by atoms with Gasteiger partial charge in [0.05, 0.1) is 6.61 Å². The first-order valence-electron chi connectivity index (χ1n) is 8.45. The van der Waals surface area contributed by atoms with Gasteiger partial charge in [0.15, 0.2) is 0 Å². The first-order chi connectivity index (χ1) is 12.2. The minimum absolute atomic E-state index is 0.0108. The summed E-state index contributed by atoms with van der Waals surface area (Å²) < 4.78 is 7.48. The summed E-state index contributed by atoms with van der Waals surface area (Å²) in [6.07, 6.45) is 2.19. The van der Waals surface area contributed by atoms with Crippen LogP contribution >= 0.6 is 0 Å². The van der Waals surface area contributed by atoms with Crippen LogP contribution < -0.4 is 10.1 Å². The molecule has 1 aliphatic rings. The van der Waals surface area contributed by atoms with Gasteiger partial charge in [0.1, 0.15) is 17.6 Å². The zero-order chi connectivity index (χ0) is 17.2. The van der Waals surface area contributed by atoms with E-state index in [4.69, 9.17) is 4.74 Å². The molecular weight excluding hydrogens is 312 g/mol. The highest BCUT2D eigenvalue weighted by Gasteiger charge is 2.24. The molecule has 2 heterocycles. The van der Waals surface area contributed by atoms with Gasteiger partial charge in [-0.05, 0) is 43.2 Å². The molecule has 126 valence electrons. The number of hydrogen-bond acceptors (Lipinski definition) is 4. The van der Waals surface area contributed by atoms with Gasteiger partial charge in [0.25, 0.3) is 0 Å². The number of nitrogens with one attached hydrogen (secondary N) is 1. The van der Waals surface area contributed by atoms with Crippen LogP contribution in [0, 0.1) is 6.92 Å². The Morgan fingerprint density at radius 3 is 2.56 bits per heavy atom. The summed E-state index contributed by atoms with van der Waals surface area (Å²) in [5, 5.41) is 7.95. The lowest BCUT2D eigenvalue weighted by Crippen LogP contribution is -2.20. The van der Waals surface area contributed by atoms with Crippen LogP contribution in [0.3, 0.4) is 0 Å². The van der Waals surface area contributed by atoms with E-state index in [1.807, 2.05) is 48.9 Å². The zero-order valence-electron chi connectivity index (χ0n) is 14.3. The Bertz CT molecular complexity index is 897. The quantitative estimate of drug-likeness (QED) is 0.783. The molecule has 0 saturated heterocycles. The summed E-state index contributed by atoms with van der Waals surface area (Å²) in [5.74, 6) is 2.39. The minimum atomic E-state index is -0.0108. The van der Waals surface area contributed by atoms with Gasteiger partial charge in [-0.25, -0.2) is 4.68 Å². The van der Waals surface area contributed by atoms with Gasteiger partial charge in [0.2, 0.25) is 5.95 Å². The highest BCUT2D eigenvalue weighted by atomic mass is 16.5. The van der Waals surface area contributed by atoms with Crippen molar-refractivity contribution in [2.24, 2.45) is 0 Å². The molecule has 0 spiro atoms. The first kappa shape index (κ1) is 15.4. The van der Waals surface area contributed by atoms with Gasteiger partial charge in [-0.1, -0.05) is 42.5 Å². The average molecular weight is 332 g/mol. The molecule has 3 aromatic rings. The molecule has 1 aromatic heterocycles. The van der Waals surface area contributed by atoms with Gasteiger partial charge in [-0.15, -0.1) is 0 Å². The van der Waals surface area contributed by atoms with Crippen LogP contribution in [-0.2, 0) is 0 Å². The second kappa shape index (κ2) is 6.43. The highest BCUT2D eigenvalue weighted by molar-refractivity contribution is 5.77. The molecule has 25 heavy (non-hydrogen) atoms. The number of fused-ring (bicyclic) bond motifs is 1. The van der Waals surface area contributed by atoms with Crippen LogP contribution in [0.1, 0.15) is 29.9 Å². The Morgan fingerprint density at radius 1 is 1.08 bits per heavy atom. The molecule has 1 atom stereocenters. The minimum Gasteiger partial charge on any atom is -0.494 e. The molecular formula is C20H20N4O. The van der Waals surface area contributed by atoms with E-state index in [1.54, 1.807) is 0 Å². The van der Waals surface area contributed by atoms with Crippen molar-refractivity contribution in [1.82, 2.24) is 14.8 Å². The molecule has 0 unspecified atom stereocenters. The van der Waals surface area contributed by atoms with E-state index >= 15 is 0 Å². The standard InChI is InChI=1S/C20H20N4O/c1-3-25-17-11-9-16(10-12-17)19-13-18(15-7-5-4-6-8-15)22-20-21-14(2)23-24(19)20/h4-13,19H,3H2,1-2H3,(H,21,22,23)/t19-/m1/s1. The summed E-state index contributed by atoms with van der Waals surface area (Å²) in [5.41, 5.74) is 3.31. The summed E-state index contributed by atoms with van der Waals surface area (Å²) in [7, 11) is 0. The van der Waals surface area contributed by atoms with Crippen LogP contribution in [0.5, 0.6) is 5.75 Å². The second-order valence-corrected chi connectivity index (χ2v) is 5.95. The lowest BCUT2D eigenvalue weighted by Gasteiger charge is -2.24. The maximum absolute atomic E-state index is 5.55. The van der Waals surface area contributed by atoms with E-state index in [9.17, 15) is 0 Å². The third kappa shape index (κ3) is 3.01. The molecule has 5 heteroatoms. The number of anilines is 1. The number of benzene rings is 2. The maximum Gasteiger partial charge on any atom is 0.226 e. The Labute approximate surface area is 147 Å². The summed E-state index contributed by atoms with van der Waals surface area (Å²) in [4.78, 5) is 4.52. The van der Waals surface area contributed by atoms with Crippen LogP contribution in [0.25, 0.3) is 5.70 Å². The molecule has 5 nitrogen and oxygen atoms in total. The van der Waals surface area contributed by atoms with E-state index in [-0.39, 0.29) is 6.04 Å². The van der Waals surface area contributed by atoms with Gasteiger partial charge in [-0.2, -0.15) is 10.1 Å². The molecule has 1 aliphatic heterocycles. The van der Waals surface area contributed by atoms with Gasteiger partial charge >= 0.3 is 0 Å². The number of aromatic nitrogens is 3. The fourth-order valence-electron chi connectivity index (χ4n) is 3.05. The molecule has 2 aromatic carbocycles. The average Bonchev–Trinajstić information content (AvgIpc) is 3.03. The van der Waals surface area contributed by atoms with Crippen LogP contribution in [0.4, 0.5) is 5.95 Å². The Hall–Kier alpha value is -3.08. The summed E-state index contributed by atoms with van der Waals surface area (Å²) in [6.45, 7) is 4.56. The van der Waals surface area contributed by atoms with Crippen molar-refractivity contribution in [1.29, 1.82) is 0 Å². The number of ether oxygens (including phenoxy) is 1. The predicted octanol–water partition coefficient (Wildman–Crippen LogP) is 4.04. The van der Waals surface area contributed by atoms with E-state index in [2.05, 4.69) is 45.7 Å². The number of rotatable bonds is 4. The lowest BCUT2D eigenvalue weighted by molar-refractivity contribution is 0.340. The fourth-order valence-corrected chi connectivity index (χ4v) is 3.05. The topological polar surface area (TPSA) is 52.0 Å². The summed E-state index contributed by atoms with van der Waals surface area (Å²) >= 11 is 0. The fraction of sp³-hybridized carbons (Fsp3) is 0.200. The van der Waals surface area contributed by atoms with Crippen molar-refractivity contribution >= 4 is 11.6 Å². The van der Waals surface area contributed by atoms with Crippen molar-refractivity contribution in [3.8, 4) is 5.75 Å². The Kier molecular flexibility index (Phi) is 3.98.